The molecule has 0 radical (unpaired) electrons. The molecule has 4 amide bonds. The second-order valence-electron chi connectivity index (χ2n) is 10.3. The van der Waals surface area contributed by atoms with Gasteiger partial charge in [-0.15, -0.1) is 11.3 Å². The van der Waals surface area contributed by atoms with Gasteiger partial charge in [0.1, 0.15) is 21.2 Å². The number of carbonyl (C=O) groups excluding carboxylic acids is 3. The Labute approximate surface area is 241 Å². The number of aryl methyl sites for hydroxylation is 1. The van der Waals surface area contributed by atoms with E-state index in [2.05, 4.69) is 20.9 Å². The zero-order chi connectivity index (χ0) is 28.5. The Morgan fingerprint density at radius 1 is 1.05 bits per heavy atom. The summed E-state index contributed by atoms with van der Waals surface area (Å²) in [7, 11) is 0. The minimum atomic E-state index is -0.358. The summed E-state index contributed by atoms with van der Waals surface area (Å²) in [5.41, 5.74) is 2.58. The van der Waals surface area contributed by atoms with E-state index in [0.717, 1.165) is 36.6 Å². The van der Waals surface area contributed by atoms with Crippen LogP contribution in [0.4, 0.5) is 21.9 Å². The molecule has 1 aliphatic carbocycles. The summed E-state index contributed by atoms with van der Waals surface area (Å²) in [4.78, 5) is 46.8. The Hall–Kier alpha value is -4.44. The fourth-order valence-electron chi connectivity index (χ4n) is 5.57. The van der Waals surface area contributed by atoms with Crippen molar-refractivity contribution in [2.24, 2.45) is 0 Å². The molecule has 1 saturated carbocycles. The average Bonchev–Trinajstić information content (AvgIpc) is 3.36. The number of pyridine rings is 1. The predicted octanol–water partition coefficient (Wildman–Crippen LogP) is 6.65. The number of para-hydroxylation sites is 1. The minimum Gasteiger partial charge on any atom is -0.457 e. The van der Waals surface area contributed by atoms with Gasteiger partial charge in [-0.2, -0.15) is 0 Å². The van der Waals surface area contributed by atoms with Gasteiger partial charge in [0.25, 0.3) is 5.91 Å². The van der Waals surface area contributed by atoms with E-state index >= 15 is 0 Å². The minimum absolute atomic E-state index is 0.0278. The van der Waals surface area contributed by atoms with Crippen LogP contribution in [0, 0.1) is 6.92 Å². The lowest BCUT2D eigenvalue weighted by atomic mass is 9.90. The largest absolute Gasteiger partial charge is 0.457 e. The van der Waals surface area contributed by atoms with Gasteiger partial charge in [0, 0.05) is 24.7 Å². The highest BCUT2D eigenvalue weighted by Gasteiger charge is 2.36. The lowest BCUT2D eigenvalue weighted by Gasteiger charge is -2.33. The van der Waals surface area contributed by atoms with Crippen LogP contribution in [0.1, 0.15) is 54.3 Å². The van der Waals surface area contributed by atoms with Crippen molar-refractivity contribution >= 4 is 56.5 Å². The number of nitrogens with zero attached hydrogens (tertiary/aromatic N) is 2. The summed E-state index contributed by atoms with van der Waals surface area (Å²) >= 11 is 1.26. The molecule has 0 saturated heterocycles. The average molecular weight is 570 g/mol. The summed E-state index contributed by atoms with van der Waals surface area (Å²) < 4.78 is 6.00. The maximum atomic E-state index is 13.9. The van der Waals surface area contributed by atoms with E-state index in [4.69, 9.17) is 4.74 Å². The Balaban J connectivity index is 1.36. The van der Waals surface area contributed by atoms with Crippen LogP contribution in [0.25, 0.3) is 10.2 Å². The number of urea groups is 1. The molecule has 2 aromatic carbocycles. The standard InChI is InChI=1S/C31H31N5O4S/c1-3-25(37)33-21-11-7-8-12-22(21)34-29(38)28-27-26-23(15-16-32-30(26)41-28)35-31(39)36(27)24-14-13-20(17-18(24)2)40-19-9-5-4-6-10-19/h4-6,9-10,13-17,21-22H,3,7-8,11-12H2,1-2H3,(H,33,37)(H,34,38)(H,35,39)/t21-,22+/m0/s1. The van der Waals surface area contributed by atoms with Crippen LogP contribution in [0.15, 0.2) is 60.8 Å². The molecule has 4 aromatic rings. The number of carbonyl (C=O) groups is 3. The molecule has 41 heavy (non-hydrogen) atoms. The van der Waals surface area contributed by atoms with Crippen LogP contribution < -0.4 is 25.6 Å². The summed E-state index contributed by atoms with van der Waals surface area (Å²) in [6, 6.07) is 16.1. The quantitative estimate of drug-likeness (QED) is 0.231. The molecule has 0 spiro atoms. The van der Waals surface area contributed by atoms with Gasteiger partial charge in [-0.05, 0) is 61.7 Å². The highest BCUT2D eigenvalue weighted by atomic mass is 32.1. The smallest absolute Gasteiger partial charge is 0.331 e. The van der Waals surface area contributed by atoms with Crippen LogP contribution >= 0.6 is 11.3 Å². The number of benzene rings is 2. The van der Waals surface area contributed by atoms with Gasteiger partial charge in [0.15, 0.2) is 0 Å². The van der Waals surface area contributed by atoms with Crippen LogP contribution in [0.5, 0.6) is 11.5 Å². The Bertz CT molecular complexity index is 1640. The van der Waals surface area contributed by atoms with E-state index in [1.54, 1.807) is 17.2 Å². The SMILES string of the molecule is CCC(=O)N[C@H]1CCCC[C@H]1NC(=O)c1sc2nccc3c2c1N(c1ccc(Oc2ccccc2)cc1C)C(=O)N3. The summed E-state index contributed by atoms with van der Waals surface area (Å²) in [6.45, 7) is 3.73. The molecular weight excluding hydrogens is 538 g/mol. The molecule has 1 aliphatic heterocycles. The van der Waals surface area contributed by atoms with Crippen LogP contribution in [-0.4, -0.2) is 34.9 Å². The molecule has 0 bridgehead atoms. The van der Waals surface area contributed by atoms with E-state index in [9.17, 15) is 14.4 Å². The number of hydrogen-bond acceptors (Lipinski definition) is 6. The van der Waals surface area contributed by atoms with Crippen molar-refractivity contribution in [2.75, 3.05) is 10.2 Å². The predicted molar refractivity (Wildman–Crippen MR) is 160 cm³/mol. The van der Waals surface area contributed by atoms with Crippen molar-refractivity contribution in [3.8, 4) is 11.5 Å². The first kappa shape index (κ1) is 26.8. The number of anilines is 3. The normalized spacial score (nSPS) is 18.1. The first-order valence-corrected chi connectivity index (χ1v) is 14.7. The van der Waals surface area contributed by atoms with E-state index in [1.807, 2.05) is 62.4 Å². The summed E-state index contributed by atoms with van der Waals surface area (Å²) in [6.07, 6.45) is 5.58. The zero-order valence-corrected chi connectivity index (χ0v) is 23.7. The van der Waals surface area contributed by atoms with Gasteiger partial charge < -0.3 is 20.7 Å². The molecule has 210 valence electrons. The molecule has 2 aromatic heterocycles. The van der Waals surface area contributed by atoms with Crippen molar-refractivity contribution in [2.45, 2.75) is 58.0 Å². The molecule has 9 nitrogen and oxygen atoms in total. The molecule has 6 rings (SSSR count). The fourth-order valence-corrected chi connectivity index (χ4v) is 6.62. The van der Waals surface area contributed by atoms with E-state index in [-0.39, 0.29) is 29.9 Å². The van der Waals surface area contributed by atoms with Crippen LogP contribution in [0.3, 0.4) is 0 Å². The van der Waals surface area contributed by atoms with Crippen LogP contribution in [0.2, 0.25) is 0 Å². The zero-order valence-electron chi connectivity index (χ0n) is 22.9. The number of aromatic nitrogens is 1. The van der Waals surface area contributed by atoms with Crippen LogP contribution in [-0.2, 0) is 4.79 Å². The topological polar surface area (TPSA) is 113 Å². The van der Waals surface area contributed by atoms with E-state index in [1.165, 1.54) is 11.3 Å². The summed E-state index contributed by atoms with van der Waals surface area (Å²) in [5, 5.41) is 9.95. The third kappa shape index (κ3) is 5.22. The van der Waals surface area contributed by atoms with Gasteiger partial charge in [0.05, 0.1) is 22.4 Å². The molecule has 0 unspecified atom stereocenters. The van der Waals surface area contributed by atoms with Gasteiger partial charge in [-0.3, -0.25) is 14.5 Å². The Kier molecular flexibility index (Phi) is 7.32. The molecule has 10 heteroatoms. The lowest BCUT2D eigenvalue weighted by Crippen LogP contribution is -2.53. The Morgan fingerprint density at radius 3 is 2.54 bits per heavy atom. The van der Waals surface area contributed by atoms with Crippen molar-refractivity contribution in [1.29, 1.82) is 0 Å². The molecular formula is C31H31N5O4S. The second kappa shape index (κ2) is 11.2. The molecule has 3 N–H and O–H groups in total. The first-order valence-electron chi connectivity index (χ1n) is 13.9. The van der Waals surface area contributed by atoms with Crippen molar-refractivity contribution in [3.05, 3.63) is 71.2 Å². The maximum absolute atomic E-state index is 13.9. The molecule has 2 atom stereocenters. The molecule has 1 fully saturated rings. The highest BCUT2D eigenvalue weighted by molar-refractivity contribution is 7.21. The van der Waals surface area contributed by atoms with E-state index < -0.39 is 0 Å². The van der Waals surface area contributed by atoms with Gasteiger partial charge >= 0.3 is 6.03 Å². The Morgan fingerprint density at radius 2 is 1.80 bits per heavy atom. The molecule has 2 aliphatic rings. The third-order valence-corrected chi connectivity index (χ3v) is 8.67. The van der Waals surface area contributed by atoms with Crippen molar-refractivity contribution in [1.82, 2.24) is 15.6 Å². The maximum Gasteiger partial charge on any atom is 0.331 e. The monoisotopic (exact) mass is 569 g/mol. The van der Waals surface area contributed by atoms with Gasteiger partial charge in [-0.1, -0.05) is 38.0 Å². The first-order chi connectivity index (χ1) is 19.9. The van der Waals surface area contributed by atoms with Crippen molar-refractivity contribution in [3.63, 3.8) is 0 Å². The number of nitrogens with one attached hydrogen (secondary N) is 3. The second-order valence-corrected chi connectivity index (χ2v) is 11.3. The number of ether oxygens (including phenoxy) is 1. The van der Waals surface area contributed by atoms with Gasteiger partial charge in [-0.25, -0.2) is 9.78 Å². The van der Waals surface area contributed by atoms with Gasteiger partial charge in [0.2, 0.25) is 5.91 Å². The number of thiophene rings is 1. The number of hydrogen-bond donors (Lipinski definition) is 3. The number of rotatable bonds is 7. The third-order valence-electron chi connectivity index (χ3n) is 7.58. The fraction of sp³-hybridized carbons (Fsp3) is 0.290. The van der Waals surface area contributed by atoms with E-state index in [0.29, 0.717) is 44.7 Å². The number of amides is 4. The van der Waals surface area contributed by atoms with Crippen molar-refractivity contribution < 1.29 is 19.1 Å². The molecule has 3 heterocycles. The summed E-state index contributed by atoms with van der Waals surface area (Å²) in [5.74, 6) is 1.05. The lowest BCUT2D eigenvalue weighted by molar-refractivity contribution is -0.121. The highest BCUT2D eigenvalue weighted by Crippen LogP contribution is 2.47.